The second-order valence-electron chi connectivity index (χ2n) is 4.79. The summed E-state index contributed by atoms with van der Waals surface area (Å²) in [6, 6.07) is 4.88. The van der Waals surface area contributed by atoms with E-state index in [1.807, 2.05) is 0 Å². The van der Waals surface area contributed by atoms with Crippen molar-refractivity contribution in [2.24, 2.45) is 0 Å². The Morgan fingerprint density at radius 1 is 1.19 bits per heavy atom. The van der Waals surface area contributed by atoms with Crippen molar-refractivity contribution in [1.82, 2.24) is 4.57 Å². The summed E-state index contributed by atoms with van der Waals surface area (Å²) < 4.78 is 27.3. The van der Waals surface area contributed by atoms with Gasteiger partial charge in [-0.2, -0.15) is 0 Å². The van der Waals surface area contributed by atoms with E-state index in [-0.39, 0.29) is 12.1 Å². The van der Waals surface area contributed by atoms with E-state index in [1.54, 1.807) is 19.9 Å². The molecule has 6 heteroatoms. The molecule has 0 saturated heterocycles. The van der Waals surface area contributed by atoms with Crippen molar-refractivity contribution in [3.8, 4) is 0 Å². The Hall–Kier alpha value is -2.50. The van der Waals surface area contributed by atoms with Crippen molar-refractivity contribution in [1.29, 1.82) is 0 Å². The van der Waals surface area contributed by atoms with Gasteiger partial charge in [-0.05, 0) is 43.2 Å². The smallest absolute Gasteiger partial charge is 0.341 e. The molecule has 110 valence electrons. The fourth-order valence-corrected chi connectivity index (χ4v) is 2.20. The lowest BCUT2D eigenvalue weighted by molar-refractivity contribution is 0.0693. The molecule has 0 unspecified atom stereocenters. The molecule has 2 aromatic rings. The molecule has 0 aliphatic rings. The zero-order valence-corrected chi connectivity index (χ0v) is 11.5. The summed E-state index contributed by atoms with van der Waals surface area (Å²) in [5.74, 6) is -3.29. The molecule has 0 amide bonds. The largest absolute Gasteiger partial charge is 0.477 e. The van der Waals surface area contributed by atoms with Gasteiger partial charge < -0.3 is 9.67 Å². The van der Waals surface area contributed by atoms with E-state index in [4.69, 9.17) is 5.11 Å². The molecule has 0 spiro atoms. The summed E-state index contributed by atoms with van der Waals surface area (Å²) in [6.45, 7) is 3.17. The number of nitrogens with zero attached hydrogens (tertiary/aromatic N) is 1. The quantitative estimate of drug-likeness (QED) is 0.946. The van der Waals surface area contributed by atoms with Gasteiger partial charge in [0.2, 0.25) is 0 Å². The van der Waals surface area contributed by atoms with E-state index in [2.05, 4.69) is 0 Å². The molecule has 21 heavy (non-hydrogen) atoms. The molecule has 0 bridgehead atoms. The highest BCUT2D eigenvalue weighted by Gasteiger charge is 2.16. The number of halogens is 2. The summed E-state index contributed by atoms with van der Waals surface area (Å²) >= 11 is 0. The Morgan fingerprint density at radius 3 is 2.43 bits per heavy atom. The van der Waals surface area contributed by atoms with Crippen molar-refractivity contribution in [3.63, 3.8) is 0 Å². The summed E-state index contributed by atoms with van der Waals surface area (Å²) in [6.07, 6.45) is 0. The molecule has 0 atom stereocenters. The predicted octanol–water partition coefficient (Wildman–Crippen LogP) is 2.49. The van der Waals surface area contributed by atoms with Crippen LogP contribution in [0.25, 0.3) is 0 Å². The highest BCUT2D eigenvalue weighted by molar-refractivity contribution is 5.88. The third kappa shape index (κ3) is 2.84. The van der Waals surface area contributed by atoms with Gasteiger partial charge in [0.1, 0.15) is 5.56 Å². The average molecular weight is 293 g/mol. The Morgan fingerprint density at radius 2 is 1.86 bits per heavy atom. The zero-order valence-electron chi connectivity index (χ0n) is 11.5. The van der Waals surface area contributed by atoms with E-state index in [1.165, 1.54) is 10.6 Å². The van der Waals surface area contributed by atoms with E-state index in [0.717, 1.165) is 12.1 Å². The van der Waals surface area contributed by atoms with Crippen LogP contribution in [0.3, 0.4) is 0 Å². The third-order valence-corrected chi connectivity index (χ3v) is 3.24. The summed E-state index contributed by atoms with van der Waals surface area (Å²) in [4.78, 5) is 23.4. The average Bonchev–Trinajstić information content (AvgIpc) is 2.38. The van der Waals surface area contributed by atoms with Crippen LogP contribution in [-0.4, -0.2) is 15.6 Å². The first-order valence-electron chi connectivity index (χ1n) is 6.19. The van der Waals surface area contributed by atoms with Crippen molar-refractivity contribution in [2.45, 2.75) is 20.4 Å². The number of aromatic carboxylic acids is 1. The van der Waals surface area contributed by atoms with Gasteiger partial charge in [0.15, 0.2) is 11.6 Å². The molecular weight excluding hydrogens is 280 g/mol. The molecule has 0 aliphatic heterocycles. The maximum Gasteiger partial charge on any atom is 0.341 e. The number of carbonyl (C=O) groups is 1. The molecule has 0 saturated carbocycles. The van der Waals surface area contributed by atoms with Gasteiger partial charge in [-0.15, -0.1) is 0 Å². The highest BCUT2D eigenvalue weighted by Crippen LogP contribution is 2.12. The van der Waals surface area contributed by atoms with E-state index in [0.29, 0.717) is 16.8 Å². The van der Waals surface area contributed by atoms with Crippen molar-refractivity contribution < 1.29 is 18.7 Å². The molecule has 1 heterocycles. The van der Waals surface area contributed by atoms with Crippen LogP contribution in [0.1, 0.15) is 27.2 Å². The Kier molecular flexibility index (Phi) is 3.88. The first-order chi connectivity index (χ1) is 9.81. The van der Waals surface area contributed by atoms with Crippen molar-refractivity contribution in [2.75, 3.05) is 0 Å². The van der Waals surface area contributed by atoms with Crippen molar-refractivity contribution in [3.05, 3.63) is 68.6 Å². The monoisotopic (exact) mass is 293 g/mol. The van der Waals surface area contributed by atoms with E-state index in [9.17, 15) is 18.4 Å². The lowest BCUT2D eigenvalue weighted by Gasteiger charge is -2.13. The SMILES string of the molecule is Cc1cc(C)n(Cc2ccc(F)c(F)c2)c(=O)c1C(=O)O. The molecule has 4 nitrogen and oxygen atoms in total. The fourth-order valence-electron chi connectivity index (χ4n) is 2.20. The highest BCUT2D eigenvalue weighted by atomic mass is 19.2. The number of carboxylic acids is 1. The topological polar surface area (TPSA) is 59.3 Å². The maximum atomic E-state index is 13.2. The van der Waals surface area contributed by atoms with Gasteiger partial charge in [-0.3, -0.25) is 4.79 Å². The number of rotatable bonds is 3. The minimum absolute atomic E-state index is 0.0254. The number of pyridine rings is 1. The van der Waals surface area contributed by atoms with Gasteiger partial charge in [-0.25, -0.2) is 13.6 Å². The van der Waals surface area contributed by atoms with Crippen LogP contribution in [0.4, 0.5) is 8.78 Å². The van der Waals surface area contributed by atoms with Crippen LogP contribution < -0.4 is 5.56 Å². The van der Waals surface area contributed by atoms with E-state index >= 15 is 0 Å². The predicted molar refractivity (Wildman–Crippen MR) is 72.6 cm³/mol. The number of aromatic nitrogens is 1. The zero-order chi connectivity index (χ0) is 15.7. The second-order valence-corrected chi connectivity index (χ2v) is 4.79. The van der Waals surface area contributed by atoms with E-state index < -0.39 is 23.2 Å². The molecule has 2 rings (SSSR count). The standard InChI is InChI=1S/C15H13F2NO3/c1-8-5-9(2)18(14(19)13(8)15(20)21)7-10-3-4-11(16)12(17)6-10/h3-6H,7H2,1-2H3,(H,20,21). The number of hydrogen-bond donors (Lipinski definition) is 1. The van der Waals surface area contributed by atoms with Crippen LogP contribution in [0.5, 0.6) is 0 Å². The van der Waals surface area contributed by atoms with Gasteiger partial charge in [0.05, 0.1) is 6.54 Å². The first-order valence-corrected chi connectivity index (χ1v) is 6.19. The Labute approximate surface area is 119 Å². The molecule has 1 aromatic heterocycles. The van der Waals surface area contributed by atoms with Crippen LogP contribution in [0, 0.1) is 25.5 Å². The van der Waals surface area contributed by atoms with Crippen LogP contribution >= 0.6 is 0 Å². The minimum atomic E-state index is -1.31. The van der Waals surface area contributed by atoms with Crippen LogP contribution in [0.2, 0.25) is 0 Å². The normalized spacial score (nSPS) is 10.7. The lowest BCUT2D eigenvalue weighted by atomic mass is 10.1. The molecule has 0 fully saturated rings. The third-order valence-electron chi connectivity index (χ3n) is 3.24. The summed E-state index contributed by atoms with van der Waals surface area (Å²) in [5.41, 5.74) is 0.311. The maximum absolute atomic E-state index is 13.2. The lowest BCUT2D eigenvalue weighted by Crippen LogP contribution is -2.29. The molecule has 1 N–H and O–H groups in total. The number of hydrogen-bond acceptors (Lipinski definition) is 2. The molecular formula is C15H13F2NO3. The van der Waals surface area contributed by atoms with Crippen LogP contribution in [0.15, 0.2) is 29.1 Å². The summed E-state index contributed by atoms with van der Waals surface area (Å²) in [5, 5.41) is 9.09. The fraction of sp³-hybridized carbons (Fsp3) is 0.200. The number of benzene rings is 1. The first kappa shape index (κ1) is 14.9. The van der Waals surface area contributed by atoms with Gasteiger partial charge in [-0.1, -0.05) is 6.07 Å². The molecule has 0 aliphatic carbocycles. The molecule has 1 aromatic carbocycles. The minimum Gasteiger partial charge on any atom is -0.477 e. The van der Waals surface area contributed by atoms with Gasteiger partial charge >= 0.3 is 5.97 Å². The summed E-state index contributed by atoms with van der Waals surface area (Å²) in [7, 11) is 0. The van der Waals surface area contributed by atoms with Crippen LogP contribution in [-0.2, 0) is 6.54 Å². The number of aryl methyl sites for hydroxylation is 2. The second kappa shape index (κ2) is 5.47. The number of carboxylic acid groups (broad SMARTS) is 1. The van der Waals surface area contributed by atoms with Crippen molar-refractivity contribution >= 4 is 5.97 Å². The van der Waals surface area contributed by atoms with Gasteiger partial charge in [0.25, 0.3) is 5.56 Å². The Balaban J connectivity index is 2.54. The van der Waals surface area contributed by atoms with Gasteiger partial charge in [0, 0.05) is 5.69 Å². The Bertz CT molecular complexity index is 781. The molecule has 0 radical (unpaired) electrons.